The molecule has 8 heteroatoms. The van der Waals surface area contributed by atoms with Gasteiger partial charge in [0.05, 0.1) is 25.9 Å². The van der Waals surface area contributed by atoms with Gasteiger partial charge in [0.15, 0.2) is 0 Å². The lowest BCUT2D eigenvalue weighted by molar-refractivity contribution is 0.0313. The highest BCUT2D eigenvalue weighted by Gasteiger charge is 2.38. The molecule has 0 spiro atoms. The third kappa shape index (κ3) is 5.27. The van der Waals surface area contributed by atoms with Crippen molar-refractivity contribution in [2.45, 2.75) is 43.1 Å². The number of benzene rings is 3. The summed E-state index contributed by atoms with van der Waals surface area (Å²) < 4.78 is 41.7. The quantitative estimate of drug-likeness (QED) is 0.520. The number of rotatable bonds is 7. The van der Waals surface area contributed by atoms with Crippen LogP contribution in [0.3, 0.4) is 0 Å². The lowest BCUT2D eigenvalue weighted by atomic mass is 10.1. The fourth-order valence-electron chi connectivity index (χ4n) is 4.85. The van der Waals surface area contributed by atoms with E-state index in [1.807, 2.05) is 67.6 Å². The third-order valence-electron chi connectivity index (χ3n) is 6.85. The molecule has 1 fully saturated rings. The summed E-state index contributed by atoms with van der Waals surface area (Å²) in [5.41, 5.74) is 2.80. The fraction of sp³-hybridized carbons (Fsp3) is 0.357. The predicted molar refractivity (Wildman–Crippen MR) is 139 cm³/mol. The molecule has 0 unspecified atom stereocenters. The van der Waals surface area contributed by atoms with Crippen LogP contribution in [-0.2, 0) is 21.4 Å². The van der Waals surface area contributed by atoms with Crippen LogP contribution in [0.2, 0.25) is 0 Å². The monoisotopic (exact) mass is 508 g/mol. The summed E-state index contributed by atoms with van der Waals surface area (Å²) in [6.45, 7) is 3.97. The summed E-state index contributed by atoms with van der Waals surface area (Å²) in [5, 5.41) is 9.97. The van der Waals surface area contributed by atoms with E-state index in [0.29, 0.717) is 31.9 Å². The number of hydrogen-bond acceptors (Lipinski definition) is 6. The number of hydrogen-bond donors (Lipinski definition) is 1. The van der Waals surface area contributed by atoms with Crippen LogP contribution in [0.1, 0.15) is 30.5 Å². The third-order valence-corrected chi connectivity index (χ3v) is 8.82. The van der Waals surface area contributed by atoms with E-state index in [4.69, 9.17) is 9.47 Å². The molecule has 2 heterocycles. The first-order valence-electron chi connectivity index (χ1n) is 12.3. The molecule has 0 amide bonds. The summed E-state index contributed by atoms with van der Waals surface area (Å²) in [6.07, 6.45) is -0.181. The molecule has 2 aliphatic rings. The van der Waals surface area contributed by atoms with Crippen LogP contribution in [0, 0.1) is 0 Å². The number of β-amino-alcohol motifs (C(OH)–C–C–N with tert-alkyl or cyclic N) is 1. The first kappa shape index (κ1) is 24.8. The second-order valence-electron chi connectivity index (χ2n) is 9.42. The first-order valence-corrected chi connectivity index (χ1v) is 13.8. The van der Waals surface area contributed by atoms with Crippen molar-refractivity contribution in [3.8, 4) is 5.75 Å². The maximum atomic E-state index is 13.9. The number of aliphatic hydroxyl groups is 1. The lowest BCUT2D eigenvalue weighted by Crippen LogP contribution is -2.40. The SMILES string of the molecule is C[C@@H](c1ccccc1)N1C[C@H](COCc2ccccc2)Oc2cc(N3CC[C@H](O)C3)ccc2S1(=O)=O. The van der Waals surface area contributed by atoms with Crippen LogP contribution < -0.4 is 9.64 Å². The number of anilines is 1. The first-order chi connectivity index (χ1) is 17.4. The fourth-order valence-corrected chi connectivity index (χ4v) is 6.60. The van der Waals surface area contributed by atoms with Crippen molar-refractivity contribution >= 4 is 15.7 Å². The van der Waals surface area contributed by atoms with Crippen LogP contribution >= 0.6 is 0 Å². The molecule has 0 bridgehead atoms. The highest BCUT2D eigenvalue weighted by Crippen LogP contribution is 2.38. The Balaban J connectivity index is 1.45. The van der Waals surface area contributed by atoms with Gasteiger partial charge in [0, 0.05) is 30.9 Å². The van der Waals surface area contributed by atoms with E-state index in [1.54, 1.807) is 18.2 Å². The zero-order valence-electron chi connectivity index (χ0n) is 20.4. The second kappa shape index (κ2) is 10.6. The van der Waals surface area contributed by atoms with Gasteiger partial charge >= 0.3 is 0 Å². The van der Waals surface area contributed by atoms with E-state index in [0.717, 1.165) is 16.8 Å². The van der Waals surface area contributed by atoms with Crippen LogP contribution in [0.4, 0.5) is 5.69 Å². The van der Waals surface area contributed by atoms with Gasteiger partial charge in [-0.25, -0.2) is 8.42 Å². The Labute approximate surface area is 212 Å². The minimum absolute atomic E-state index is 0.152. The van der Waals surface area contributed by atoms with Crippen molar-refractivity contribution in [3.63, 3.8) is 0 Å². The molecule has 3 aromatic carbocycles. The van der Waals surface area contributed by atoms with Gasteiger partial charge in [0.25, 0.3) is 0 Å². The van der Waals surface area contributed by atoms with E-state index in [-0.39, 0.29) is 30.2 Å². The van der Waals surface area contributed by atoms with Crippen molar-refractivity contribution in [3.05, 3.63) is 90.0 Å². The Kier molecular flexibility index (Phi) is 7.29. The molecule has 0 saturated carbocycles. The summed E-state index contributed by atoms with van der Waals surface area (Å²) in [7, 11) is -3.84. The topological polar surface area (TPSA) is 79.3 Å². The Bertz CT molecular complexity index is 1270. The second-order valence-corrected chi connectivity index (χ2v) is 11.3. The van der Waals surface area contributed by atoms with Gasteiger partial charge in [-0.15, -0.1) is 0 Å². The molecule has 3 atom stereocenters. The lowest BCUT2D eigenvalue weighted by Gasteiger charge is -2.29. The van der Waals surface area contributed by atoms with E-state index in [9.17, 15) is 13.5 Å². The maximum Gasteiger partial charge on any atom is 0.247 e. The Hall–Kier alpha value is -2.91. The summed E-state index contributed by atoms with van der Waals surface area (Å²) in [4.78, 5) is 2.20. The molecule has 0 aliphatic carbocycles. The van der Waals surface area contributed by atoms with Crippen molar-refractivity contribution < 1.29 is 23.0 Å². The minimum atomic E-state index is -3.84. The van der Waals surface area contributed by atoms with Crippen molar-refractivity contribution in [2.24, 2.45) is 0 Å². The molecular formula is C28H32N2O5S. The number of sulfonamides is 1. The highest BCUT2D eigenvalue weighted by atomic mass is 32.2. The number of aliphatic hydroxyl groups excluding tert-OH is 1. The Morgan fingerprint density at radius 3 is 2.44 bits per heavy atom. The number of fused-ring (bicyclic) bond motifs is 1. The van der Waals surface area contributed by atoms with E-state index >= 15 is 0 Å². The molecule has 3 aromatic rings. The van der Waals surface area contributed by atoms with Crippen molar-refractivity contribution in [1.82, 2.24) is 4.31 Å². The van der Waals surface area contributed by atoms with Gasteiger partial charge in [-0.2, -0.15) is 4.31 Å². The van der Waals surface area contributed by atoms with Gasteiger partial charge in [-0.05, 0) is 36.6 Å². The van der Waals surface area contributed by atoms with Crippen molar-refractivity contribution in [1.29, 1.82) is 0 Å². The number of nitrogens with zero attached hydrogens (tertiary/aromatic N) is 2. The van der Waals surface area contributed by atoms with Crippen LogP contribution in [-0.4, -0.2) is 56.3 Å². The van der Waals surface area contributed by atoms with E-state index in [1.165, 1.54) is 4.31 Å². The molecular weight excluding hydrogens is 476 g/mol. The molecule has 36 heavy (non-hydrogen) atoms. The predicted octanol–water partition coefficient (Wildman–Crippen LogP) is 3.99. The zero-order valence-corrected chi connectivity index (χ0v) is 21.2. The Morgan fingerprint density at radius 1 is 1.03 bits per heavy atom. The summed E-state index contributed by atoms with van der Waals surface area (Å²) in [6, 6.07) is 24.3. The summed E-state index contributed by atoms with van der Waals surface area (Å²) in [5.74, 6) is 0.324. The maximum absolute atomic E-state index is 13.9. The van der Waals surface area contributed by atoms with Gasteiger partial charge in [0.2, 0.25) is 10.0 Å². The van der Waals surface area contributed by atoms with Gasteiger partial charge in [-0.3, -0.25) is 0 Å². The largest absolute Gasteiger partial charge is 0.485 e. The average Bonchev–Trinajstić information content (AvgIpc) is 3.29. The van der Waals surface area contributed by atoms with E-state index < -0.39 is 16.1 Å². The Morgan fingerprint density at radius 2 is 1.75 bits per heavy atom. The van der Waals surface area contributed by atoms with Gasteiger partial charge < -0.3 is 19.5 Å². The van der Waals surface area contributed by atoms with Crippen molar-refractivity contribution in [2.75, 3.05) is 31.1 Å². The van der Waals surface area contributed by atoms with Gasteiger partial charge in [-0.1, -0.05) is 60.7 Å². The molecule has 7 nitrogen and oxygen atoms in total. The molecule has 190 valence electrons. The number of ether oxygens (including phenoxy) is 2. The van der Waals surface area contributed by atoms with Crippen LogP contribution in [0.5, 0.6) is 5.75 Å². The molecule has 0 aromatic heterocycles. The highest BCUT2D eigenvalue weighted by molar-refractivity contribution is 7.89. The summed E-state index contributed by atoms with van der Waals surface area (Å²) >= 11 is 0. The average molecular weight is 509 g/mol. The standard InChI is InChI=1S/C28H32N2O5S/c1-21(23-10-6-3-7-11-23)30-18-26(20-34-19-22-8-4-2-5-9-22)35-27-16-24(29-15-14-25(31)17-29)12-13-28(27)36(30,32)33/h2-13,16,21,25-26,31H,14-15,17-20H2,1H3/t21-,25-,26+/m0/s1. The van der Waals surface area contributed by atoms with E-state index in [2.05, 4.69) is 4.90 Å². The molecule has 1 saturated heterocycles. The van der Waals surface area contributed by atoms with Crippen LogP contribution in [0.15, 0.2) is 83.8 Å². The molecule has 2 aliphatic heterocycles. The smallest absolute Gasteiger partial charge is 0.247 e. The normalized spacial score (nSPS) is 22.4. The molecule has 5 rings (SSSR count). The van der Waals surface area contributed by atoms with Crippen LogP contribution in [0.25, 0.3) is 0 Å². The molecule has 1 N–H and O–H groups in total. The minimum Gasteiger partial charge on any atom is -0.485 e. The molecule has 0 radical (unpaired) electrons. The van der Waals surface area contributed by atoms with Gasteiger partial charge in [0.1, 0.15) is 16.7 Å². The zero-order chi connectivity index (χ0) is 25.1.